The topological polar surface area (TPSA) is 138 Å². The number of imidazole rings is 1. The SMILES string of the molecule is COC(COP(O)(=S)OC(C)C)CC(F)n1cnc2c(=O)[nH]c(N)nc21. The molecule has 0 amide bonds. The fourth-order valence-corrected chi connectivity index (χ4v) is 3.83. The van der Waals surface area contributed by atoms with E-state index in [0.29, 0.717) is 0 Å². The van der Waals surface area contributed by atoms with Crippen LogP contribution in [0.5, 0.6) is 0 Å². The molecule has 2 rings (SSSR count). The molecule has 0 aromatic carbocycles. The summed E-state index contributed by atoms with van der Waals surface area (Å²) in [6, 6.07) is 0. The Morgan fingerprint density at radius 2 is 2.23 bits per heavy atom. The molecular formula is C13H21FN5O5PS. The van der Waals surface area contributed by atoms with Gasteiger partial charge in [-0.25, -0.2) is 9.37 Å². The Morgan fingerprint density at radius 1 is 1.54 bits per heavy atom. The highest BCUT2D eigenvalue weighted by Crippen LogP contribution is 2.45. The van der Waals surface area contributed by atoms with E-state index in [-0.39, 0.29) is 36.2 Å². The van der Waals surface area contributed by atoms with Gasteiger partial charge in [0.25, 0.3) is 5.56 Å². The third-order valence-electron chi connectivity index (χ3n) is 3.31. The number of nitrogens with two attached hydrogens (primary N) is 1. The molecule has 2 heterocycles. The van der Waals surface area contributed by atoms with Crippen LogP contribution in [0.25, 0.3) is 11.2 Å². The van der Waals surface area contributed by atoms with E-state index in [1.54, 1.807) is 13.8 Å². The number of nitrogen functional groups attached to an aromatic ring is 1. The predicted molar refractivity (Wildman–Crippen MR) is 96.8 cm³/mol. The van der Waals surface area contributed by atoms with E-state index in [4.69, 9.17) is 31.3 Å². The van der Waals surface area contributed by atoms with Crippen molar-refractivity contribution in [1.29, 1.82) is 0 Å². The maximum Gasteiger partial charge on any atom is 0.324 e. The Bertz CT molecular complexity index is 859. The molecule has 4 N–H and O–H groups in total. The zero-order valence-corrected chi connectivity index (χ0v) is 16.2. The molecule has 0 aliphatic rings. The Morgan fingerprint density at radius 3 is 2.85 bits per heavy atom. The van der Waals surface area contributed by atoms with Crippen LogP contribution in [0.2, 0.25) is 0 Å². The van der Waals surface area contributed by atoms with Gasteiger partial charge in [0.1, 0.15) is 0 Å². The average molecular weight is 409 g/mol. The van der Waals surface area contributed by atoms with Crippen LogP contribution < -0.4 is 11.3 Å². The lowest BCUT2D eigenvalue weighted by Gasteiger charge is -2.22. The van der Waals surface area contributed by atoms with E-state index >= 15 is 0 Å². The van der Waals surface area contributed by atoms with Gasteiger partial charge in [-0.15, -0.1) is 0 Å². The van der Waals surface area contributed by atoms with E-state index in [2.05, 4.69) is 15.0 Å². The van der Waals surface area contributed by atoms with Gasteiger partial charge in [-0.05, 0) is 25.7 Å². The van der Waals surface area contributed by atoms with Crippen LogP contribution >= 0.6 is 6.72 Å². The molecule has 3 unspecified atom stereocenters. The molecular weight excluding hydrogens is 388 g/mol. The molecule has 0 saturated carbocycles. The number of aromatic nitrogens is 4. The van der Waals surface area contributed by atoms with E-state index in [9.17, 15) is 14.1 Å². The second-order valence-corrected chi connectivity index (χ2v) is 8.51. The lowest BCUT2D eigenvalue weighted by molar-refractivity contribution is 0.0148. The number of fused-ring (bicyclic) bond motifs is 1. The van der Waals surface area contributed by atoms with Crippen LogP contribution in [0, 0.1) is 0 Å². The van der Waals surface area contributed by atoms with Crippen LogP contribution in [0.1, 0.15) is 26.6 Å². The van der Waals surface area contributed by atoms with E-state index in [0.717, 1.165) is 10.9 Å². The summed E-state index contributed by atoms with van der Waals surface area (Å²) in [7, 11) is 1.37. The first-order valence-corrected chi connectivity index (χ1v) is 10.3. The molecule has 10 nitrogen and oxygen atoms in total. The molecule has 0 aliphatic heterocycles. The highest BCUT2D eigenvalue weighted by atomic mass is 32.5. The lowest BCUT2D eigenvalue weighted by atomic mass is 10.2. The number of hydrogen-bond acceptors (Lipinski definition) is 8. The Hall–Kier alpha value is -1.43. The summed E-state index contributed by atoms with van der Waals surface area (Å²) in [6.07, 6.45) is -1.67. The van der Waals surface area contributed by atoms with Gasteiger partial charge in [0.05, 0.1) is 25.1 Å². The maximum atomic E-state index is 14.7. The summed E-state index contributed by atoms with van der Waals surface area (Å²) in [4.78, 5) is 31.7. The van der Waals surface area contributed by atoms with Gasteiger partial charge in [0.15, 0.2) is 17.5 Å². The number of anilines is 1. The van der Waals surface area contributed by atoms with Crippen molar-refractivity contribution in [3.05, 3.63) is 16.7 Å². The second-order valence-electron chi connectivity index (χ2n) is 5.72. The predicted octanol–water partition coefficient (Wildman–Crippen LogP) is 1.23. The summed E-state index contributed by atoms with van der Waals surface area (Å²) in [5, 5.41) is 0. The summed E-state index contributed by atoms with van der Waals surface area (Å²) in [5.74, 6) is -0.144. The minimum Gasteiger partial charge on any atom is -0.379 e. The fraction of sp³-hybridized carbons (Fsp3) is 0.615. The number of aromatic amines is 1. The second kappa shape index (κ2) is 8.51. The van der Waals surface area contributed by atoms with Crippen molar-refractivity contribution in [1.82, 2.24) is 19.5 Å². The first-order valence-electron chi connectivity index (χ1n) is 7.68. The number of halogens is 1. The van der Waals surface area contributed by atoms with Crippen LogP contribution in [-0.2, 0) is 25.6 Å². The number of rotatable bonds is 9. The van der Waals surface area contributed by atoms with Crippen LogP contribution in [0.15, 0.2) is 11.1 Å². The van der Waals surface area contributed by atoms with Gasteiger partial charge in [-0.2, -0.15) is 4.98 Å². The average Bonchev–Trinajstić information content (AvgIpc) is 2.94. The van der Waals surface area contributed by atoms with Crippen molar-refractivity contribution in [2.24, 2.45) is 0 Å². The molecule has 0 aliphatic carbocycles. The number of methoxy groups -OCH3 is 1. The van der Waals surface area contributed by atoms with Crippen molar-refractivity contribution in [2.45, 2.75) is 38.8 Å². The van der Waals surface area contributed by atoms with Crippen LogP contribution in [-0.4, -0.2) is 50.3 Å². The molecule has 0 radical (unpaired) electrons. The standard InChI is InChI=1S/C13H21FN5O5PS/c1-7(2)24-25(21,26)23-5-8(22-3)4-9(14)19-6-16-10-11(19)17-13(15)18-12(10)20/h6-9H,4-5H2,1-3H3,(H,21,26)(H3,15,17,18,20). The first-order chi connectivity index (χ1) is 12.1. The van der Waals surface area contributed by atoms with Gasteiger partial charge < -0.3 is 24.4 Å². The van der Waals surface area contributed by atoms with Crippen LogP contribution in [0.4, 0.5) is 10.3 Å². The molecule has 0 fully saturated rings. The summed E-state index contributed by atoms with van der Waals surface area (Å²) in [5.41, 5.74) is 4.93. The van der Waals surface area contributed by atoms with Crippen molar-refractivity contribution < 1.29 is 23.1 Å². The number of H-pyrrole nitrogens is 1. The number of nitrogens with zero attached hydrogens (tertiary/aromatic N) is 3. The van der Waals surface area contributed by atoms with E-state index in [1.165, 1.54) is 7.11 Å². The first kappa shape index (κ1) is 20.9. The normalized spacial score (nSPS) is 16.7. The summed E-state index contributed by atoms with van der Waals surface area (Å²) >= 11 is 4.87. The summed E-state index contributed by atoms with van der Waals surface area (Å²) in [6.45, 7) is -0.191. The molecule has 0 saturated heterocycles. The molecule has 2 aromatic rings. The zero-order valence-electron chi connectivity index (χ0n) is 14.5. The monoisotopic (exact) mass is 409 g/mol. The third kappa shape index (κ3) is 5.29. The Balaban J connectivity index is 2.09. The van der Waals surface area contributed by atoms with E-state index < -0.39 is 24.7 Å². The Kier molecular flexibility index (Phi) is 6.83. The largest absolute Gasteiger partial charge is 0.379 e. The van der Waals surface area contributed by atoms with Gasteiger partial charge in [-0.1, -0.05) is 0 Å². The quantitative estimate of drug-likeness (QED) is 0.522. The van der Waals surface area contributed by atoms with Crippen molar-refractivity contribution in [3.63, 3.8) is 0 Å². The smallest absolute Gasteiger partial charge is 0.324 e. The molecule has 0 spiro atoms. The molecule has 3 atom stereocenters. The van der Waals surface area contributed by atoms with Gasteiger partial charge in [0.2, 0.25) is 5.95 Å². The minimum atomic E-state index is -3.43. The number of alkyl halides is 1. The van der Waals surface area contributed by atoms with Crippen LogP contribution in [0.3, 0.4) is 0 Å². The number of nitrogens with one attached hydrogen (secondary N) is 1. The van der Waals surface area contributed by atoms with Gasteiger partial charge in [0, 0.05) is 13.5 Å². The minimum absolute atomic E-state index is 0.0185. The Labute approximate surface area is 153 Å². The highest BCUT2D eigenvalue weighted by molar-refractivity contribution is 8.07. The summed E-state index contributed by atoms with van der Waals surface area (Å²) < 4.78 is 31.3. The van der Waals surface area contributed by atoms with Crippen molar-refractivity contribution in [2.75, 3.05) is 19.5 Å². The fourth-order valence-electron chi connectivity index (χ4n) is 2.19. The van der Waals surface area contributed by atoms with E-state index in [1.807, 2.05) is 0 Å². The lowest BCUT2D eigenvalue weighted by Crippen LogP contribution is -2.22. The number of ether oxygens (including phenoxy) is 1. The molecule has 13 heteroatoms. The molecule has 2 aromatic heterocycles. The van der Waals surface area contributed by atoms with Crippen molar-refractivity contribution >= 4 is 35.6 Å². The van der Waals surface area contributed by atoms with Gasteiger partial charge in [-0.3, -0.25) is 14.3 Å². The third-order valence-corrected chi connectivity index (χ3v) is 5.05. The number of hydrogen-bond donors (Lipinski definition) is 3. The molecule has 146 valence electrons. The molecule has 26 heavy (non-hydrogen) atoms. The molecule has 0 bridgehead atoms. The van der Waals surface area contributed by atoms with Crippen molar-refractivity contribution in [3.8, 4) is 0 Å². The zero-order chi connectivity index (χ0) is 19.5. The maximum absolute atomic E-state index is 14.7. The van der Waals surface area contributed by atoms with Gasteiger partial charge >= 0.3 is 6.72 Å². The highest BCUT2D eigenvalue weighted by Gasteiger charge is 2.24.